The van der Waals surface area contributed by atoms with Crippen LogP contribution in [0.5, 0.6) is 0 Å². The lowest BCUT2D eigenvalue weighted by Crippen LogP contribution is -2.23. The summed E-state index contributed by atoms with van der Waals surface area (Å²) < 4.78 is 0. The van der Waals surface area contributed by atoms with Gasteiger partial charge in [0.25, 0.3) is 5.91 Å². The Morgan fingerprint density at radius 2 is 2.05 bits per heavy atom. The maximum atomic E-state index is 12.6. The van der Waals surface area contributed by atoms with Crippen LogP contribution in [0.15, 0.2) is 53.9 Å². The van der Waals surface area contributed by atoms with Crippen molar-refractivity contribution in [2.45, 2.75) is 26.2 Å². The number of carbonyl (C=O) groups is 1. The highest BCUT2D eigenvalue weighted by molar-refractivity contribution is 6.04. The van der Waals surface area contributed by atoms with Crippen LogP contribution in [0, 0.1) is 0 Å². The minimum absolute atomic E-state index is 0.0728. The summed E-state index contributed by atoms with van der Waals surface area (Å²) in [5.74, 6) is -0.0728. The van der Waals surface area contributed by atoms with Crippen molar-refractivity contribution in [2.75, 3.05) is 6.54 Å². The third-order valence-corrected chi connectivity index (χ3v) is 3.72. The number of nitrogens with zero attached hydrogens (tertiary/aromatic N) is 3. The highest BCUT2D eigenvalue weighted by Gasteiger charge is 2.22. The molecule has 22 heavy (non-hydrogen) atoms. The van der Waals surface area contributed by atoms with E-state index in [1.165, 1.54) is 0 Å². The maximum Gasteiger partial charge on any atom is 0.275 e. The van der Waals surface area contributed by atoms with Gasteiger partial charge in [0, 0.05) is 18.8 Å². The second kappa shape index (κ2) is 6.52. The first-order chi connectivity index (χ1) is 10.8. The molecule has 0 aliphatic carbocycles. The van der Waals surface area contributed by atoms with Crippen LogP contribution in [-0.4, -0.2) is 28.2 Å². The Balaban J connectivity index is 1.79. The minimum atomic E-state index is -0.0728. The van der Waals surface area contributed by atoms with Crippen molar-refractivity contribution in [2.24, 2.45) is 5.10 Å². The Morgan fingerprint density at radius 1 is 1.23 bits per heavy atom. The number of pyridine rings is 1. The Labute approximate surface area is 130 Å². The van der Waals surface area contributed by atoms with Crippen molar-refractivity contribution in [3.05, 3.63) is 65.5 Å². The van der Waals surface area contributed by atoms with Crippen LogP contribution in [0.25, 0.3) is 0 Å². The zero-order chi connectivity index (χ0) is 15.4. The van der Waals surface area contributed by atoms with E-state index in [1.54, 1.807) is 11.2 Å². The predicted octanol–water partition coefficient (Wildman–Crippen LogP) is 3.28. The number of amides is 1. The molecule has 1 aliphatic heterocycles. The molecule has 0 bridgehead atoms. The third-order valence-electron chi connectivity index (χ3n) is 3.72. The number of rotatable bonds is 4. The summed E-state index contributed by atoms with van der Waals surface area (Å²) in [4.78, 5) is 16.7. The molecule has 1 amide bonds. The molecule has 0 N–H and O–H groups in total. The molecule has 1 aromatic carbocycles. The largest absolute Gasteiger partial charge is 0.275 e. The van der Waals surface area contributed by atoms with Gasteiger partial charge in [0.1, 0.15) is 0 Å². The van der Waals surface area contributed by atoms with Gasteiger partial charge in [0.2, 0.25) is 0 Å². The average Bonchev–Trinajstić information content (AvgIpc) is 3.05. The normalized spacial score (nSPS) is 14.0. The quantitative estimate of drug-likeness (QED) is 0.868. The fourth-order valence-electron chi connectivity index (χ4n) is 2.62. The second-order valence-electron chi connectivity index (χ2n) is 5.42. The number of hydrazone groups is 1. The maximum absolute atomic E-state index is 12.6. The molecular weight excluding hydrogens is 274 g/mol. The number of carbonyl (C=O) groups excluding carboxylic acids is 1. The Morgan fingerprint density at radius 3 is 2.82 bits per heavy atom. The van der Waals surface area contributed by atoms with E-state index in [0.717, 1.165) is 36.1 Å². The van der Waals surface area contributed by atoms with Crippen LogP contribution < -0.4 is 0 Å². The lowest BCUT2D eigenvalue weighted by atomic mass is 10.1. The van der Waals surface area contributed by atoms with Gasteiger partial charge in [-0.25, -0.2) is 5.01 Å². The minimum Gasteiger partial charge on any atom is -0.267 e. The van der Waals surface area contributed by atoms with Gasteiger partial charge >= 0.3 is 0 Å². The van der Waals surface area contributed by atoms with Crippen molar-refractivity contribution in [1.82, 2.24) is 9.99 Å². The molecule has 0 radical (unpaired) electrons. The first-order valence-electron chi connectivity index (χ1n) is 7.66. The number of aryl methyl sites for hydroxylation is 1. The highest BCUT2D eigenvalue weighted by atomic mass is 16.2. The van der Waals surface area contributed by atoms with E-state index in [1.807, 2.05) is 42.6 Å². The molecule has 2 heterocycles. The monoisotopic (exact) mass is 293 g/mol. The van der Waals surface area contributed by atoms with Crippen molar-refractivity contribution >= 4 is 11.6 Å². The van der Waals surface area contributed by atoms with E-state index in [0.29, 0.717) is 12.1 Å². The molecule has 0 fully saturated rings. The summed E-state index contributed by atoms with van der Waals surface area (Å²) in [5.41, 5.74) is 3.76. The Bertz CT molecular complexity index is 694. The molecule has 0 atom stereocenters. The fourth-order valence-corrected chi connectivity index (χ4v) is 2.62. The summed E-state index contributed by atoms with van der Waals surface area (Å²) >= 11 is 0. The summed E-state index contributed by atoms with van der Waals surface area (Å²) in [6, 6.07) is 11.9. The van der Waals surface area contributed by atoms with Crippen LogP contribution in [-0.2, 0) is 6.42 Å². The lowest BCUT2D eigenvalue weighted by molar-refractivity contribution is 0.0778. The van der Waals surface area contributed by atoms with Crippen molar-refractivity contribution in [3.63, 3.8) is 0 Å². The number of aromatic nitrogens is 1. The van der Waals surface area contributed by atoms with E-state index in [2.05, 4.69) is 17.0 Å². The summed E-state index contributed by atoms with van der Waals surface area (Å²) in [6.07, 6.45) is 6.21. The summed E-state index contributed by atoms with van der Waals surface area (Å²) in [7, 11) is 0. The molecular formula is C18H19N3O. The smallest absolute Gasteiger partial charge is 0.267 e. The van der Waals surface area contributed by atoms with Crippen LogP contribution >= 0.6 is 0 Å². The standard InChI is InChI=1S/C18H19N3O/c1-2-6-14-11-16(13-19-12-14)18(22)21-10-9-17(20-21)15-7-4-3-5-8-15/h3-5,7-8,11-13H,2,6,9-10H2,1H3. The van der Waals surface area contributed by atoms with Gasteiger partial charge in [0.15, 0.2) is 0 Å². The van der Waals surface area contributed by atoms with Crippen molar-refractivity contribution < 1.29 is 4.79 Å². The number of hydrogen-bond acceptors (Lipinski definition) is 3. The molecule has 2 aromatic rings. The van der Waals surface area contributed by atoms with Gasteiger partial charge in [-0.1, -0.05) is 43.7 Å². The molecule has 1 aromatic heterocycles. The van der Waals surface area contributed by atoms with Crippen molar-refractivity contribution in [1.29, 1.82) is 0 Å². The van der Waals surface area contributed by atoms with Gasteiger partial charge in [-0.05, 0) is 23.6 Å². The fraction of sp³-hybridized carbons (Fsp3) is 0.278. The van der Waals surface area contributed by atoms with E-state index in [4.69, 9.17) is 0 Å². The van der Waals surface area contributed by atoms with Crippen molar-refractivity contribution in [3.8, 4) is 0 Å². The van der Waals surface area contributed by atoms with Gasteiger partial charge in [-0.15, -0.1) is 0 Å². The van der Waals surface area contributed by atoms with Gasteiger partial charge in [-0.2, -0.15) is 5.10 Å². The SMILES string of the molecule is CCCc1cncc(C(=O)N2CCC(c3ccccc3)=N2)c1. The lowest BCUT2D eigenvalue weighted by Gasteiger charge is -2.11. The van der Waals surface area contributed by atoms with Gasteiger partial charge in [0.05, 0.1) is 17.8 Å². The Kier molecular flexibility index (Phi) is 4.28. The molecule has 4 nitrogen and oxygen atoms in total. The van der Waals surface area contributed by atoms with Crippen LogP contribution in [0.4, 0.5) is 0 Å². The third kappa shape index (κ3) is 3.06. The van der Waals surface area contributed by atoms with Gasteiger partial charge < -0.3 is 0 Å². The van der Waals surface area contributed by atoms with Crippen LogP contribution in [0.1, 0.15) is 41.3 Å². The highest BCUT2D eigenvalue weighted by Crippen LogP contribution is 2.17. The summed E-state index contributed by atoms with van der Waals surface area (Å²) in [6.45, 7) is 2.74. The molecule has 3 rings (SSSR count). The second-order valence-corrected chi connectivity index (χ2v) is 5.42. The molecule has 112 valence electrons. The van der Waals surface area contributed by atoms with E-state index in [-0.39, 0.29) is 5.91 Å². The topological polar surface area (TPSA) is 45.6 Å². The zero-order valence-electron chi connectivity index (χ0n) is 12.7. The zero-order valence-corrected chi connectivity index (χ0v) is 12.7. The van der Waals surface area contributed by atoms with E-state index >= 15 is 0 Å². The molecule has 0 saturated heterocycles. The van der Waals surface area contributed by atoms with E-state index < -0.39 is 0 Å². The predicted molar refractivity (Wildman–Crippen MR) is 86.9 cm³/mol. The molecule has 0 spiro atoms. The first-order valence-corrected chi connectivity index (χ1v) is 7.66. The van der Waals surface area contributed by atoms with Crippen LogP contribution in [0.3, 0.4) is 0 Å². The first kappa shape index (κ1) is 14.4. The molecule has 4 heteroatoms. The van der Waals surface area contributed by atoms with E-state index in [9.17, 15) is 4.79 Å². The van der Waals surface area contributed by atoms with Crippen LogP contribution in [0.2, 0.25) is 0 Å². The summed E-state index contributed by atoms with van der Waals surface area (Å²) in [5, 5.41) is 6.03. The average molecular weight is 293 g/mol. The molecule has 0 unspecified atom stereocenters. The Hall–Kier alpha value is -2.49. The number of benzene rings is 1. The molecule has 1 aliphatic rings. The molecule has 0 saturated carbocycles. The van der Waals surface area contributed by atoms with Gasteiger partial charge in [-0.3, -0.25) is 9.78 Å². The number of hydrogen-bond donors (Lipinski definition) is 0.